The standard InChI is InChI=1S/C15H17NO4/c1-19-14(17)13-9-8-12(10-16(13)15(18)20-2)11-6-4-3-5-7-11/h3-8,13H,9-10H2,1-2H3/t13-/m1/s1. The van der Waals surface area contributed by atoms with Gasteiger partial charge >= 0.3 is 12.1 Å². The number of carbonyl (C=O) groups excluding carboxylic acids is 2. The first-order chi connectivity index (χ1) is 9.67. The molecule has 1 aliphatic heterocycles. The van der Waals surface area contributed by atoms with Gasteiger partial charge in [0.15, 0.2) is 0 Å². The van der Waals surface area contributed by atoms with Gasteiger partial charge in [-0.25, -0.2) is 9.59 Å². The lowest BCUT2D eigenvalue weighted by Crippen LogP contribution is -2.48. The van der Waals surface area contributed by atoms with Crippen molar-refractivity contribution in [1.29, 1.82) is 0 Å². The number of methoxy groups -OCH3 is 2. The van der Waals surface area contributed by atoms with E-state index in [1.165, 1.54) is 19.1 Å². The fourth-order valence-electron chi connectivity index (χ4n) is 2.27. The van der Waals surface area contributed by atoms with Crippen LogP contribution in [-0.4, -0.2) is 43.8 Å². The van der Waals surface area contributed by atoms with Gasteiger partial charge in [-0.2, -0.15) is 0 Å². The normalized spacial score (nSPS) is 18.2. The number of ether oxygens (including phenoxy) is 2. The summed E-state index contributed by atoms with van der Waals surface area (Å²) in [7, 11) is 2.62. The molecule has 1 amide bonds. The van der Waals surface area contributed by atoms with Gasteiger partial charge in [0.1, 0.15) is 6.04 Å². The minimum Gasteiger partial charge on any atom is -0.467 e. The fraction of sp³-hybridized carbons (Fsp3) is 0.333. The molecule has 0 saturated heterocycles. The van der Waals surface area contributed by atoms with Crippen LogP contribution < -0.4 is 0 Å². The van der Waals surface area contributed by atoms with Crippen LogP contribution in [0.4, 0.5) is 4.79 Å². The number of hydrogen-bond acceptors (Lipinski definition) is 4. The maximum absolute atomic E-state index is 11.8. The molecule has 106 valence electrons. The quantitative estimate of drug-likeness (QED) is 0.775. The number of nitrogens with zero attached hydrogens (tertiary/aromatic N) is 1. The van der Waals surface area contributed by atoms with Crippen LogP contribution in [0.5, 0.6) is 0 Å². The van der Waals surface area contributed by atoms with Crippen LogP contribution in [0.2, 0.25) is 0 Å². The number of rotatable bonds is 2. The Morgan fingerprint density at radius 2 is 1.85 bits per heavy atom. The topological polar surface area (TPSA) is 55.8 Å². The van der Waals surface area contributed by atoms with Crippen LogP contribution in [-0.2, 0) is 14.3 Å². The molecule has 0 aromatic heterocycles. The molecule has 1 atom stereocenters. The van der Waals surface area contributed by atoms with Gasteiger partial charge < -0.3 is 9.47 Å². The predicted octanol–water partition coefficient (Wildman–Crippen LogP) is 2.08. The summed E-state index contributed by atoms with van der Waals surface area (Å²) in [5.41, 5.74) is 2.03. The average molecular weight is 275 g/mol. The summed E-state index contributed by atoms with van der Waals surface area (Å²) in [4.78, 5) is 25.0. The minimum absolute atomic E-state index is 0.330. The third kappa shape index (κ3) is 2.82. The number of amides is 1. The van der Waals surface area contributed by atoms with Gasteiger partial charge in [0.2, 0.25) is 0 Å². The first-order valence-electron chi connectivity index (χ1n) is 6.34. The van der Waals surface area contributed by atoms with E-state index in [1.54, 1.807) is 0 Å². The van der Waals surface area contributed by atoms with Crippen LogP contribution in [0, 0.1) is 0 Å². The highest BCUT2D eigenvalue weighted by atomic mass is 16.5. The Hall–Kier alpha value is -2.30. The lowest BCUT2D eigenvalue weighted by molar-refractivity contribution is -0.146. The zero-order chi connectivity index (χ0) is 14.5. The van der Waals surface area contributed by atoms with Crippen LogP contribution in [0.15, 0.2) is 36.4 Å². The second kappa shape index (κ2) is 6.23. The van der Waals surface area contributed by atoms with Gasteiger partial charge in [0.05, 0.1) is 20.8 Å². The Balaban J connectivity index is 2.27. The van der Waals surface area contributed by atoms with E-state index in [0.29, 0.717) is 13.0 Å². The van der Waals surface area contributed by atoms with Crippen molar-refractivity contribution in [3.05, 3.63) is 42.0 Å². The van der Waals surface area contributed by atoms with E-state index in [9.17, 15) is 9.59 Å². The van der Waals surface area contributed by atoms with Crippen molar-refractivity contribution in [2.24, 2.45) is 0 Å². The smallest absolute Gasteiger partial charge is 0.410 e. The maximum atomic E-state index is 11.8. The molecule has 2 rings (SSSR count). The lowest BCUT2D eigenvalue weighted by Gasteiger charge is -2.32. The van der Waals surface area contributed by atoms with Crippen LogP contribution in [0.1, 0.15) is 12.0 Å². The van der Waals surface area contributed by atoms with Crippen molar-refractivity contribution in [3.63, 3.8) is 0 Å². The highest BCUT2D eigenvalue weighted by Crippen LogP contribution is 2.25. The second-order valence-electron chi connectivity index (χ2n) is 4.47. The molecule has 0 spiro atoms. The van der Waals surface area contributed by atoms with E-state index in [2.05, 4.69) is 0 Å². The van der Waals surface area contributed by atoms with Crippen LogP contribution >= 0.6 is 0 Å². The highest BCUT2D eigenvalue weighted by molar-refractivity contribution is 5.85. The molecule has 0 saturated carbocycles. The zero-order valence-electron chi connectivity index (χ0n) is 11.5. The Morgan fingerprint density at radius 3 is 2.45 bits per heavy atom. The number of carbonyl (C=O) groups is 2. The van der Waals surface area contributed by atoms with Gasteiger partial charge in [-0.05, 0) is 17.6 Å². The van der Waals surface area contributed by atoms with E-state index >= 15 is 0 Å². The maximum Gasteiger partial charge on any atom is 0.410 e. The lowest BCUT2D eigenvalue weighted by atomic mass is 9.97. The van der Waals surface area contributed by atoms with Crippen LogP contribution in [0.3, 0.4) is 0 Å². The number of esters is 1. The third-order valence-electron chi connectivity index (χ3n) is 3.33. The average Bonchev–Trinajstić information content (AvgIpc) is 2.53. The molecule has 0 N–H and O–H groups in total. The monoisotopic (exact) mass is 275 g/mol. The Kier molecular flexibility index (Phi) is 4.40. The molecule has 0 unspecified atom stereocenters. The highest BCUT2D eigenvalue weighted by Gasteiger charge is 2.34. The summed E-state index contributed by atoms with van der Waals surface area (Å²) in [5.74, 6) is -0.432. The number of hydrogen-bond donors (Lipinski definition) is 0. The summed E-state index contributed by atoms with van der Waals surface area (Å²) in [6.45, 7) is 0.330. The number of benzene rings is 1. The summed E-state index contributed by atoms with van der Waals surface area (Å²) in [6.07, 6.45) is 1.87. The summed E-state index contributed by atoms with van der Waals surface area (Å²) >= 11 is 0. The van der Waals surface area contributed by atoms with E-state index in [-0.39, 0.29) is 0 Å². The third-order valence-corrected chi connectivity index (χ3v) is 3.33. The zero-order valence-corrected chi connectivity index (χ0v) is 11.5. The van der Waals surface area contributed by atoms with Crippen molar-refractivity contribution < 1.29 is 19.1 Å². The van der Waals surface area contributed by atoms with Crippen molar-refractivity contribution in [3.8, 4) is 0 Å². The summed E-state index contributed by atoms with van der Waals surface area (Å²) < 4.78 is 9.49. The predicted molar refractivity (Wildman–Crippen MR) is 74.0 cm³/mol. The first kappa shape index (κ1) is 14.1. The van der Waals surface area contributed by atoms with Crippen molar-refractivity contribution >= 4 is 17.6 Å². The molecule has 5 nitrogen and oxygen atoms in total. The van der Waals surface area contributed by atoms with E-state index < -0.39 is 18.1 Å². The fourth-order valence-corrected chi connectivity index (χ4v) is 2.27. The van der Waals surface area contributed by atoms with Crippen molar-refractivity contribution in [2.75, 3.05) is 20.8 Å². The Morgan fingerprint density at radius 1 is 1.15 bits per heavy atom. The van der Waals surface area contributed by atoms with Crippen molar-refractivity contribution in [2.45, 2.75) is 12.5 Å². The van der Waals surface area contributed by atoms with Gasteiger partial charge in [-0.1, -0.05) is 36.4 Å². The van der Waals surface area contributed by atoms with Gasteiger partial charge in [-0.15, -0.1) is 0 Å². The molecule has 0 fully saturated rings. The van der Waals surface area contributed by atoms with Gasteiger partial charge in [0, 0.05) is 0 Å². The SMILES string of the molecule is COC(=O)[C@H]1CC=C(c2ccccc2)CN1C(=O)OC. The molecule has 5 heteroatoms. The molecule has 1 aliphatic rings. The molecule has 1 heterocycles. The molecule has 0 aliphatic carbocycles. The molecule has 0 bridgehead atoms. The van der Waals surface area contributed by atoms with E-state index in [0.717, 1.165) is 11.1 Å². The molecule has 1 aromatic carbocycles. The summed E-state index contributed by atoms with van der Waals surface area (Å²) in [5, 5.41) is 0. The van der Waals surface area contributed by atoms with E-state index in [4.69, 9.17) is 9.47 Å². The Labute approximate surface area is 117 Å². The van der Waals surface area contributed by atoms with Crippen LogP contribution in [0.25, 0.3) is 5.57 Å². The largest absolute Gasteiger partial charge is 0.467 e. The van der Waals surface area contributed by atoms with E-state index in [1.807, 2.05) is 36.4 Å². The van der Waals surface area contributed by atoms with Gasteiger partial charge in [0.25, 0.3) is 0 Å². The Bertz CT molecular complexity index is 524. The molecular weight excluding hydrogens is 258 g/mol. The molecular formula is C15H17NO4. The second-order valence-corrected chi connectivity index (χ2v) is 4.47. The first-order valence-corrected chi connectivity index (χ1v) is 6.34. The summed E-state index contributed by atoms with van der Waals surface area (Å²) in [6, 6.07) is 9.12. The molecule has 1 aromatic rings. The molecule has 0 radical (unpaired) electrons. The molecule has 20 heavy (non-hydrogen) atoms. The van der Waals surface area contributed by atoms with Gasteiger partial charge in [-0.3, -0.25) is 4.90 Å². The minimum atomic E-state index is -0.625. The van der Waals surface area contributed by atoms with Crippen molar-refractivity contribution in [1.82, 2.24) is 4.90 Å².